The maximum Gasteiger partial charge on any atom is 0.224 e. The van der Waals surface area contributed by atoms with Crippen LogP contribution < -0.4 is 5.73 Å². The number of hydrogen-bond acceptors (Lipinski definition) is 2. The van der Waals surface area contributed by atoms with Crippen molar-refractivity contribution < 1.29 is 4.79 Å². The van der Waals surface area contributed by atoms with Gasteiger partial charge in [-0.3, -0.25) is 4.79 Å². The molecular weight excluding hydrogens is 176 g/mol. The first kappa shape index (κ1) is 11.5. The number of rotatable bonds is 2. The molecule has 82 valence electrons. The summed E-state index contributed by atoms with van der Waals surface area (Å²) in [6.45, 7) is 7.95. The Labute approximate surface area is 86.6 Å². The van der Waals surface area contributed by atoms with Crippen molar-refractivity contribution in [2.75, 3.05) is 13.1 Å². The van der Waals surface area contributed by atoms with Crippen molar-refractivity contribution in [2.24, 2.45) is 17.6 Å². The number of amides is 1. The molecule has 3 nitrogen and oxygen atoms in total. The van der Waals surface area contributed by atoms with E-state index in [0.29, 0.717) is 30.8 Å². The lowest BCUT2D eigenvalue weighted by Crippen LogP contribution is -2.49. The van der Waals surface area contributed by atoms with Crippen LogP contribution in [0.5, 0.6) is 0 Å². The van der Waals surface area contributed by atoms with Gasteiger partial charge in [0.1, 0.15) is 0 Å². The predicted octanol–water partition coefficient (Wildman–Crippen LogP) is 1.23. The number of carbonyl (C=O) groups is 1. The molecule has 14 heavy (non-hydrogen) atoms. The second-order valence-electron chi connectivity index (χ2n) is 4.64. The van der Waals surface area contributed by atoms with E-state index >= 15 is 0 Å². The molecule has 1 rings (SSSR count). The average Bonchev–Trinajstić information content (AvgIpc) is 2.11. The van der Waals surface area contributed by atoms with Crippen molar-refractivity contribution in [3.05, 3.63) is 0 Å². The fourth-order valence-corrected chi connectivity index (χ4v) is 2.31. The van der Waals surface area contributed by atoms with Crippen LogP contribution in [-0.4, -0.2) is 29.9 Å². The monoisotopic (exact) mass is 198 g/mol. The van der Waals surface area contributed by atoms with Crippen molar-refractivity contribution in [1.29, 1.82) is 0 Å². The van der Waals surface area contributed by atoms with Crippen LogP contribution in [0.3, 0.4) is 0 Å². The number of piperidine rings is 1. The fourth-order valence-electron chi connectivity index (χ4n) is 2.31. The molecule has 1 heterocycles. The third-order valence-electron chi connectivity index (χ3n) is 3.28. The third-order valence-corrected chi connectivity index (χ3v) is 3.28. The zero-order chi connectivity index (χ0) is 10.7. The van der Waals surface area contributed by atoms with Crippen LogP contribution in [0, 0.1) is 11.8 Å². The number of carbonyl (C=O) groups excluding carboxylic acids is 1. The minimum absolute atomic E-state index is 0.221. The van der Waals surface area contributed by atoms with Crippen LogP contribution in [0.15, 0.2) is 0 Å². The van der Waals surface area contributed by atoms with Gasteiger partial charge in [-0.05, 0) is 25.2 Å². The van der Waals surface area contributed by atoms with E-state index in [1.807, 2.05) is 4.90 Å². The van der Waals surface area contributed by atoms with E-state index < -0.39 is 0 Å². The van der Waals surface area contributed by atoms with Gasteiger partial charge in [0.05, 0.1) is 0 Å². The van der Waals surface area contributed by atoms with Crippen LogP contribution in [0.25, 0.3) is 0 Å². The molecule has 0 aromatic heterocycles. The van der Waals surface area contributed by atoms with Crippen molar-refractivity contribution in [2.45, 2.75) is 39.7 Å². The van der Waals surface area contributed by atoms with Crippen LogP contribution in [0.4, 0.5) is 0 Å². The third kappa shape index (κ3) is 2.47. The molecule has 3 atom stereocenters. The standard InChI is InChI=1S/C11H22N2O/c1-8-6-9(2)10(3)13(7-8)11(14)4-5-12/h8-10H,4-7,12H2,1-3H3. The van der Waals surface area contributed by atoms with Crippen molar-refractivity contribution in [1.82, 2.24) is 4.90 Å². The highest BCUT2D eigenvalue weighted by Gasteiger charge is 2.31. The quantitative estimate of drug-likeness (QED) is 0.725. The van der Waals surface area contributed by atoms with Crippen LogP contribution in [-0.2, 0) is 4.79 Å². The van der Waals surface area contributed by atoms with Crippen molar-refractivity contribution in [3.63, 3.8) is 0 Å². The molecular formula is C11H22N2O. The Morgan fingerprint density at radius 1 is 1.43 bits per heavy atom. The van der Waals surface area contributed by atoms with Gasteiger partial charge < -0.3 is 10.6 Å². The fraction of sp³-hybridized carbons (Fsp3) is 0.909. The van der Waals surface area contributed by atoms with Gasteiger partial charge in [0.2, 0.25) is 5.91 Å². The summed E-state index contributed by atoms with van der Waals surface area (Å²) in [7, 11) is 0. The summed E-state index contributed by atoms with van der Waals surface area (Å²) < 4.78 is 0. The predicted molar refractivity (Wildman–Crippen MR) is 57.8 cm³/mol. The van der Waals surface area contributed by atoms with Gasteiger partial charge >= 0.3 is 0 Å². The lowest BCUT2D eigenvalue weighted by atomic mass is 9.86. The highest BCUT2D eigenvalue weighted by Crippen LogP contribution is 2.27. The van der Waals surface area contributed by atoms with Gasteiger partial charge in [-0.1, -0.05) is 13.8 Å². The van der Waals surface area contributed by atoms with Gasteiger partial charge in [-0.25, -0.2) is 0 Å². The largest absolute Gasteiger partial charge is 0.339 e. The Bertz CT molecular complexity index is 205. The van der Waals surface area contributed by atoms with E-state index in [-0.39, 0.29) is 5.91 Å². The molecule has 0 bridgehead atoms. The van der Waals surface area contributed by atoms with Gasteiger partial charge in [0.15, 0.2) is 0 Å². The Balaban J connectivity index is 2.61. The highest BCUT2D eigenvalue weighted by atomic mass is 16.2. The molecule has 2 N–H and O–H groups in total. The normalized spacial score (nSPS) is 33.1. The average molecular weight is 198 g/mol. The summed E-state index contributed by atoms with van der Waals surface area (Å²) in [5.74, 6) is 1.46. The molecule has 1 saturated heterocycles. The maximum absolute atomic E-state index is 11.7. The van der Waals surface area contributed by atoms with Gasteiger partial charge in [0.25, 0.3) is 0 Å². The Morgan fingerprint density at radius 2 is 2.07 bits per heavy atom. The van der Waals surface area contributed by atoms with E-state index in [0.717, 1.165) is 6.54 Å². The van der Waals surface area contributed by atoms with E-state index in [2.05, 4.69) is 20.8 Å². The molecule has 1 amide bonds. The highest BCUT2D eigenvalue weighted by molar-refractivity contribution is 5.76. The first-order valence-corrected chi connectivity index (χ1v) is 5.55. The lowest BCUT2D eigenvalue weighted by molar-refractivity contribution is -0.136. The molecule has 0 spiro atoms. The molecule has 1 aliphatic rings. The van der Waals surface area contributed by atoms with Crippen molar-refractivity contribution >= 4 is 5.91 Å². The zero-order valence-electron chi connectivity index (χ0n) is 9.49. The van der Waals surface area contributed by atoms with Gasteiger partial charge in [-0.2, -0.15) is 0 Å². The van der Waals surface area contributed by atoms with E-state index in [4.69, 9.17) is 5.73 Å². The lowest BCUT2D eigenvalue weighted by Gasteiger charge is -2.41. The number of hydrogen-bond donors (Lipinski definition) is 1. The summed E-state index contributed by atoms with van der Waals surface area (Å²) in [6, 6.07) is 0.380. The summed E-state index contributed by atoms with van der Waals surface area (Å²) in [4.78, 5) is 13.8. The number of nitrogens with zero attached hydrogens (tertiary/aromatic N) is 1. The molecule has 0 aliphatic carbocycles. The molecule has 1 aliphatic heterocycles. The van der Waals surface area contributed by atoms with Gasteiger partial charge in [0, 0.05) is 25.6 Å². The minimum atomic E-state index is 0.221. The second kappa shape index (κ2) is 4.78. The molecule has 1 fully saturated rings. The topological polar surface area (TPSA) is 46.3 Å². The first-order chi connectivity index (χ1) is 6.56. The van der Waals surface area contributed by atoms with Gasteiger partial charge in [-0.15, -0.1) is 0 Å². The summed E-state index contributed by atoms with van der Waals surface area (Å²) >= 11 is 0. The SMILES string of the molecule is CC1CC(C)C(C)N(C(=O)CCN)C1. The van der Waals surface area contributed by atoms with E-state index in [1.54, 1.807) is 0 Å². The molecule has 0 saturated carbocycles. The van der Waals surface area contributed by atoms with Crippen LogP contribution >= 0.6 is 0 Å². The van der Waals surface area contributed by atoms with Crippen molar-refractivity contribution in [3.8, 4) is 0 Å². The maximum atomic E-state index is 11.7. The summed E-state index contributed by atoms with van der Waals surface area (Å²) in [6.07, 6.45) is 1.72. The zero-order valence-corrected chi connectivity index (χ0v) is 9.49. The van der Waals surface area contributed by atoms with Crippen LogP contribution in [0.1, 0.15) is 33.6 Å². The van der Waals surface area contributed by atoms with E-state index in [1.165, 1.54) is 6.42 Å². The minimum Gasteiger partial charge on any atom is -0.339 e. The number of likely N-dealkylation sites (tertiary alicyclic amines) is 1. The smallest absolute Gasteiger partial charge is 0.224 e. The molecule has 0 aromatic carbocycles. The first-order valence-electron chi connectivity index (χ1n) is 5.55. The van der Waals surface area contributed by atoms with Crippen LogP contribution in [0.2, 0.25) is 0 Å². The Kier molecular flexibility index (Phi) is 3.93. The summed E-state index contributed by atoms with van der Waals surface area (Å²) in [5.41, 5.74) is 5.40. The molecule has 0 aromatic rings. The molecule has 0 radical (unpaired) electrons. The molecule has 3 heteroatoms. The molecule has 3 unspecified atom stereocenters. The second-order valence-corrected chi connectivity index (χ2v) is 4.64. The number of nitrogens with two attached hydrogens (primary N) is 1. The van der Waals surface area contributed by atoms with E-state index in [9.17, 15) is 4.79 Å². The summed E-state index contributed by atoms with van der Waals surface area (Å²) in [5, 5.41) is 0. The Hall–Kier alpha value is -0.570. The Morgan fingerprint density at radius 3 is 2.64 bits per heavy atom.